The number of carbonyl (C=O) groups is 1. The van der Waals surface area contributed by atoms with Crippen LogP contribution in [0, 0.1) is 6.92 Å². The molecule has 170 valence electrons. The lowest BCUT2D eigenvalue weighted by atomic mass is 10.0. The first-order chi connectivity index (χ1) is 14.5. The molecule has 1 fully saturated rings. The quantitative estimate of drug-likeness (QED) is 0.637. The highest BCUT2D eigenvalue weighted by molar-refractivity contribution is 5.95. The summed E-state index contributed by atoms with van der Waals surface area (Å²) in [5, 5.41) is 6.38. The Morgan fingerprint density at radius 1 is 1.19 bits per heavy atom. The summed E-state index contributed by atoms with van der Waals surface area (Å²) in [7, 11) is 0. The summed E-state index contributed by atoms with van der Waals surface area (Å²) in [4.78, 5) is 26.3. The molecule has 2 heterocycles. The Balaban J connectivity index is 0.00000341. The summed E-state index contributed by atoms with van der Waals surface area (Å²) >= 11 is 0. The van der Waals surface area contributed by atoms with E-state index in [2.05, 4.69) is 17.6 Å². The zero-order valence-electron chi connectivity index (χ0n) is 18.6. The molecule has 0 bridgehead atoms. The molecule has 1 aromatic heterocycles. The van der Waals surface area contributed by atoms with Crippen LogP contribution in [0.25, 0.3) is 0 Å². The van der Waals surface area contributed by atoms with Crippen LogP contribution in [-0.2, 0) is 0 Å². The fraction of sp³-hybridized carbons (Fsp3) is 0.500. The largest absolute Gasteiger partial charge is 0.494 e. The summed E-state index contributed by atoms with van der Waals surface area (Å²) in [6, 6.07) is 9.66. The van der Waals surface area contributed by atoms with Crippen LogP contribution in [0.4, 0.5) is 0 Å². The van der Waals surface area contributed by atoms with Crippen molar-refractivity contribution in [2.24, 2.45) is 0 Å². The second-order valence-electron chi connectivity index (χ2n) is 7.92. The predicted octanol–water partition coefficient (Wildman–Crippen LogP) is 4.17. The van der Waals surface area contributed by atoms with Gasteiger partial charge in [0.1, 0.15) is 11.3 Å². The van der Waals surface area contributed by atoms with Crippen LogP contribution in [0.2, 0.25) is 0 Å². The average molecular weight is 448 g/mol. The van der Waals surface area contributed by atoms with Gasteiger partial charge in [-0.2, -0.15) is 0 Å². The molecule has 31 heavy (non-hydrogen) atoms. The van der Waals surface area contributed by atoms with E-state index in [-0.39, 0.29) is 41.5 Å². The van der Waals surface area contributed by atoms with Crippen molar-refractivity contribution >= 4 is 18.3 Å². The van der Waals surface area contributed by atoms with E-state index in [0.29, 0.717) is 12.2 Å². The molecule has 3 rings (SSSR count). The van der Waals surface area contributed by atoms with Gasteiger partial charge in [-0.1, -0.05) is 26.0 Å². The Morgan fingerprint density at radius 2 is 1.87 bits per heavy atom. The van der Waals surface area contributed by atoms with E-state index in [1.165, 1.54) is 0 Å². The van der Waals surface area contributed by atoms with E-state index in [1.54, 1.807) is 4.57 Å². The number of piperidine rings is 1. The molecule has 1 atom stereocenters. The van der Waals surface area contributed by atoms with Gasteiger partial charge in [-0.05, 0) is 75.0 Å². The molecule has 1 unspecified atom stereocenters. The smallest absolute Gasteiger partial charge is 0.263 e. The second-order valence-corrected chi connectivity index (χ2v) is 7.92. The first kappa shape index (κ1) is 25.0. The molecule has 0 aliphatic carbocycles. The van der Waals surface area contributed by atoms with Crippen LogP contribution in [0.15, 0.2) is 41.3 Å². The summed E-state index contributed by atoms with van der Waals surface area (Å²) < 4.78 is 7.38. The minimum absolute atomic E-state index is 0. The number of aromatic nitrogens is 1. The molecule has 2 N–H and O–H groups in total. The van der Waals surface area contributed by atoms with E-state index in [4.69, 9.17) is 4.74 Å². The SMILES string of the molecule is CCCOc1ccc(C(CC)NC(=O)c2c(C)ccn(C3CCNCC3)c2=O)cc1.Cl. The third-order valence-corrected chi connectivity index (χ3v) is 5.73. The zero-order valence-corrected chi connectivity index (χ0v) is 19.5. The van der Waals surface area contributed by atoms with Gasteiger partial charge in [0.25, 0.3) is 11.5 Å². The third-order valence-electron chi connectivity index (χ3n) is 5.73. The fourth-order valence-electron chi connectivity index (χ4n) is 3.96. The van der Waals surface area contributed by atoms with Crippen molar-refractivity contribution in [3.63, 3.8) is 0 Å². The Kier molecular flexibility index (Phi) is 9.59. The lowest BCUT2D eigenvalue weighted by Gasteiger charge is -2.25. The number of ether oxygens (including phenoxy) is 1. The molecule has 6 nitrogen and oxygen atoms in total. The highest BCUT2D eigenvalue weighted by Gasteiger charge is 2.23. The number of benzene rings is 1. The van der Waals surface area contributed by atoms with Crippen molar-refractivity contribution in [2.45, 2.75) is 58.5 Å². The monoisotopic (exact) mass is 447 g/mol. The first-order valence-electron chi connectivity index (χ1n) is 11.0. The van der Waals surface area contributed by atoms with Crippen molar-refractivity contribution in [2.75, 3.05) is 19.7 Å². The minimum Gasteiger partial charge on any atom is -0.494 e. The second kappa shape index (κ2) is 11.9. The lowest BCUT2D eigenvalue weighted by Crippen LogP contribution is -2.39. The Bertz CT molecular complexity index is 905. The van der Waals surface area contributed by atoms with Gasteiger partial charge in [0.15, 0.2) is 0 Å². The zero-order chi connectivity index (χ0) is 21.5. The highest BCUT2D eigenvalue weighted by Crippen LogP contribution is 2.22. The summed E-state index contributed by atoms with van der Waals surface area (Å²) in [5.41, 5.74) is 1.76. The lowest BCUT2D eigenvalue weighted by molar-refractivity contribution is 0.0932. The maximum absolute atomic E-state index is 13.1. The van der Waals surface area contributed by atoms with Gasteiger partial charge in [-0.25, -0.2) is 0 Å². The van der Waals surface area contributed by atoms with Gasteiger partial charge in [0.05, 0.1) is 12.6 Å². The van der Waals surface area contributed by atoms with E-state index in [0.717, 1.165) is 50.1 Å². The number of amides is 1. The van der Waals surface area contributed by atoms with Gasteiger partial charge in [0, 0.05) is 12.2 Å². The normalized spacial score (nSPS) is 15.1. The molecule has 2 aromatic rings. The minimum atomic E-state index is -0.307. The number of pyridine rings is 1. The van der Waals surface area contributed by atoms with Gasteiger partial charge in [0.2, 0.25) is 0 Å². The number of rotatable bonds is 8. The van der Waals surface area contributed by atoms with Crippen LogP contribution >= 0.6 is 12.4 Å². The van der Waals surface area contributed by atoms with Crippen LogP contribution in [0.5, 0.6) is 5.75 Å². The fourth-order valence-corrected chi connectivity index (χ4v) is 3.96. The van der Waals surface area contributed by atoms with Crippen LogP contribution in [0.1, 0.15) is 73.1 Å². The molecule has 1 amide bonds. The highest BCUT2D eigenvalue weighted by atomic mass is 35.5. The summed E-state index contributed by atoms with van der Waals surface area (Å²) in [6.07, 6.45) is 5.31. The predicted molar refractivity (Wildman–Crippen MR) is 127 cm³/mol. The molecule has 1 aliphatic rings. The number of carbonyl (C=O) groups excluding carboxylic acids is 1. The molecular weight excluding hydrogens is 414 g/mol. The molecule has 0 spiro atoms. The Morgan fingerprint density at radius 3 is 2.48 bits per heavy atom. The van der Waals surface area contributed by atoms with Gasteiger partial charge in [-0.15, -0.1) is 12.4 Å². The topological polar surface area (TPSA) is 72.4 Å². The molecule has 0 radical (unpaired) electrons. The number of halogens is 1. The number of hydrogen-bond donors (Lipinski definition) is 2. The summed E-state index contributed by atoms with van der Waals surface area (Å²) in [5.74, 6) is 0.518. The number of hydrogen-bond acceptors (Lipinski definition) is 4. The van der Waals surface area contributed by atoms with E-state index in [1.807, 2.05) is 50.4 Å². The van der Waals surface area contributed by atoms with Gasteiger partial charge < -0.3 is 19.9 Å². The maximum atomic E-state index is 13.1. The van der Waals surface area contributed by atoms with Crippen molar-refractivity contribution in [3.8, 4) is 5.75 Å². The van der Waals surface area contributed by atoms with Crippen LogP contribution in [0.3, 0.4) is 0 Å². The number of nitrogens with one attached hydrogen (secondary N) is 2. The number of aryl methyl sites for hydroxylation is 1. The standard InChI is InChI=1S/C24H33N3O3.ClH/c1-4-16-30-20-8-6-18(7-9-20)21(5-2)26-23(28)22-17(3)12-15-27(24(22)29)19-10-13-25-14-11-19;/h6-9,12,15,19,21,25H,4-5,10-11,13-14,16H2,1-3H3,(H,26,28);1H. The van der Waals surface area contributed by atoms with Crippen molar-refractivity contribution in [1.29, 1.82) is 0 Å². The summed E-state index contributed by atoms with van der Waals surface area (Å²) in [6.45, 7) is 8.39. The number of nitrogens with zero attached hydrogens (tertiary/aromatic N) is 1. The van der Waals surface area contributed by atoms with E-state index >= 15 is 0 Å². The van der Waals surface area contributed by atoms with Crippen molar-refractivity contribution in [3.05, 3.63) is 63.6 Å². The Hall–Kier alpha value is -2.31. The van der Waals surface area contributed by atoms with E-state index < -0.39 is 0 Å². The third kappa shape index (κ3) is 6.11. The molecular formula is C24H34ClN3O3. The molecule has 1 aromatic carbocycles. The molecule has 1 aliphatic heterocycles. The molecule has 0 saturated carbocycles. The van der Waals surface area contributed by atoms with Crippen molar-refractivity contribution < 1.29 is 9.53 Å². The van der Waals surface area contributed by atoms with E-state index in [9.17, 15) is 9.59 Å². The van der Waals surface area contributed by atoms with Crippen molar-refractivity contribution in [1.82, 2.24) is 15.2 Å². The maximum Gasteiger partial charge on any atom is 0.263 e. The first-order valence-corrected chi connectivity index (χ1v) is 11.0. The average Bonchev–Trinajstić information content (AvgIpc) is 2.77. The van der Waals surface area contributed by atoms with Crippen LogP contribution in [-0.4, -0.2) is 30.2 Å². The van der Waals surface area contributed by atoms with Gasteiger partial charge in [-0.3, -0.25) is 9.59 Å². The molecule has 7 heteroatoms. The van der Waals surface area contributed by atoms with Gasteiger partial charge >= 0.3 is 0 Å². The Labute approximate surface area is 190 Å². The van der Waals surface area contributed by atoms with Crippen LogP contribution < -0.4 is 20.9 Å². The molecule has 1 saturated heterocycles.